The molecule has 2 rings (SSSR count). The van der Waals surface area contributed by atoms with Crippen LogP contribution in [0.15, 0.2) is 47.4 Å². The predicted molar refractivity (Wildman–Crippen MR) is 60.5 cm³/mol. The van der Waals surface area contributed by atoms with Gasteiger partial charge in [-0.3, -0.25) is 0 Å². The summed E-state index contributed by atoms with van der Waals surface area (Å²) in [5.74, 6) is 0. The average molecular weight is 206 g/mol. The van der Waals surface area contributed by atoms with E-state index in [4.69, 9.17) is 0 Å². The number of rotatable bonds is 2. The summed E-state index contributed by atoms with van der Waals surface area (Å²) in [7, 11) is 0. The van der Waals surface area contributed by atoms with E-state index in [1.165, 1.54) is 4.90 Å². The van der Waals surface area contributed by atoms with Crippen LogP contribution in [0.3, 0.4) is 0 Å². The van der Waals surface area contributed by atoms with Crippen molar-refractivity contribution in [3.8, 4) is 0 Å². The molecule has 2 atom stereocenters. The predicted octanol–water partition coefficient (Wildman–Crippen LogP) is 2.86. The fraction of sp³-hybridized carbons (Fsp3) is 0.333. The second-order valence-corrected chi connectivity index (χ2v) is 4.72. The fourth-order valence-electron chi connectivity index (χ4n) is 1.56. The Kier molecular flexibility index (Phi) is 3.27. The maximum Gasteiger partial charge on any atom is 0.0700 e. The van der Waals surface area contributed by atoms with E-state index in [9.17, 15) is 5.11 Å². The molecule has 0 spiro atoms. The van der Waals surface area contributed by atoms with Crippen molar-refractivity contribution in [2.45, 2.75) is 29.1 Å². The van der Waals surface area contributed by atoms with E-state index < -0.39 is 0 Å². The zero-order valence-electron chi connectivity index (χ0n) is 7.97. The molecule has 0 unspecified atom stereocenters. The number of aliphatic hydroxyl groups is 1. The lowest BCUT2D eigenvalue weighted by molar-refractivity contribution is 0.169. The summed E-state index contributed by atoms with van der Waals surface area (Å²) in [5.41, 5.74) is 0. The highest BCUT2D eigenvalue weighted by Gasteiger charge is 2.19. The van der Waals surface area contributed by atoms with Crippen molar-refractivity contribution in [2.24, 2.45) is 0 Å². The van der Waals surface area contributed by atoms with E-state index in [2.05, 4.69) is 24.3 Å². The van der Waals surface area contributed by atoms with Gasteiger partial charge in [0.1, 0.15) is 0 Å². The maximum absolute atomic E-state index is 9.76. The van der Waals surface area contributed by atoms with Gasteiger partial charge in [0.15, 0.2) is 0 Å². The Bertz CT molecular complexity index is 307. The first-order valence-electron chi connectivity index (χ1n) is 4.93. The van der Waals surface area contributed by atoms with Crippen LogP contribution in [-0.2, 0) is 0 Å². The first-order chi connectivity index (χ1) is 6.86. The summed E-state index contributed by atoms with van der Waals surface area (Å²) in [4.78, 5) is 1.23. The molecule has 1 N–H and O–H groups in total. The van der Waals surface area contributed by atoms with Gasteiger partial charge in [-0.15, -0.1) is 11.8 Å². The molecule has 1 nitrogen and oxygen atoms in total. The lowest BCUT2D eigenvalue weighted by Gasteiger charge is -2.22. The Hall–Kier alpha value is -0.730. The molecule has 1 aliphatic rings. The zero-order chi connectivity index (χ0) is 9.80. The van der Waals surface area contributed by atoms with Gasteiger partial charge in [-0.05, 0) is 25.0 Å². The summed E-state index contributed by atoms with van der Waals surface area (Å²) in [6.45, 7) is 0. The van der Waals surface area contributed by atoms with E-state index in [0.29, 0.717) is 0 Å². The van der Waals surface area contributed by atoms with Gasteiger partial charge in [-0.25, -0.2) is 0 Å². The zero-order valence-corrected chi connectivity index (χ0v) is 8.78. The normalized spacial score (nSPS) is 26.4. The number of benzene rings is 1. The monoisotopic (exact) mass is 206 g/mol. The topological polar surface area (TPSA) is 20.2 Å². The Morgan fingerprint density at radius 3 is 2.71 bits per heavy atom. The van der Waals surface area contributed by atoms with Crippen molar-refractivity contribution in [3.63, 3.8) is 0 Å². The molecule has 0 aliphatic heterocycles. The molecule has 0 bridgehead atoms. The molecule has 74 valence electrons. The van der Waals surface area contributed by atoms with E-state index in [-0.39, 0.29) is 11.4 Å². The number of hydrogen-bond acceptors (Lipinski definition) is 2. The Labute approximate surface area is 88.8 Å². The number of aliphatic hydroxyl groups excluding tert-OH is 1. The molecular formula is C12H14OS. The lowest BCUT2D eigenvalue weighted by Crippen LogP contribution is -2.23. The standard InChI is InChI=1S/C12H14OS/c13-11-8-4-5-9-12(11)14-10-6-2-1-3-7-10/h1-3,5-7,9,11-13H,4,8H2/t11-,12-/m0/s1. The minimum absolute atomic E-state index is 0.190. The van der Waals surface area contributed by atoms with Crippen molar-refractivity contribution >= 4 is 11.8 Å². The molecule has 14 heavy (non-hydrogen) atoms. The van der Waals surface area contributed by atoms with Gasteiger partial charge in [-0.1, -0.05) is 30.4 Å². The van der Waals surface area contributed by atoms with Gasteiger partial charge in [0.2, 0.25) is 0 Å². The molecule has 1 aromatic carbocycles. The van der Waals surface area contributed by atoms with Crippen molar-refractivity contribution in [1.82, 2.24) is 0 Å². The quantitative estimate of drug-likeness (QED) is 0.751. The fourth-order valence-corrected chi connectivity index (χ4v) is 2.68. The summed E-state index contributed by atoms with van der Waals surface area (Å²) in [6, 6.07) is 10.2. The van der Waals surface area contributed by atoms with E-state index in [1.807, 2.05) is 18.2 Å². The van der Waals surface area contributed by atoms with Gasteiger partial charge in [-0.2, -0.15) is 0 Å². The summed E-state index contributed by atoms with van der Waals surface area (Å²) in [5, 5.41) is 9.99. The highest BCUT2D eigenvalue weighted by molar-refractivity contribution is 8.00. The van der Waals surface area contributed by atoms with Crippen molar-refractivity contribution in [2.75, 3.05) is 0 Å². The highest BCUT2D eigenvalue weighted by atomic mass is 32.2. The largest absolute Gasteiger partial charge is 0.392 e. The molecule has 0 fully saturated rings. The van der Waals surface area contributed by atoms with Crippen molar-refractivity contribution < 1.29 is 5.11 Å². The third-order valence-electron chi connectivity index (χ3n) is 2.35. The second kappa shape index (κ2) is 4.67. The smallest absolute Gasteiger partial charge is 0.0700 e. The van der Waals surface area contributed by atoms with Crippen LogP contribution in [0.4, 0.5) is 0 Å². The van der Waals surface area contributed by atoms with Gasteiger partial charge in [0.25, 0.3) is 0 Å². The first-order valence-corrected chi connectivity index (χ1v) is 5.80. The number of allylic oxidation sites excluding steroid dienone is 1. The SMILES string of the molecule is O[C@H]1CCC=C[C@@H]1Sc1ccccc1. The second-order valence-electron chi connectivity index (χ2n) is 3.47. The molecule has 0 heterocycles. The minimum Gasteiger partial charge on any atom is -0.392 e. The Morgan fingerprint density at radius 2 is 2.00 bits per heavy atom. The van der Waals surface area contributed by atoms with Crippen molar-refractivity contribution in [3.05, 3.63) is 42.5 Å². The van der Waals surface area contributed by atoms with Crippen LogP contribution >= 0.6 is 11.8 Å². The lowest BCUT2D eigenvalue weighted by atomic mass is 10.0. The Morgan fingerprint density at radius 1 is 1.21 bits per heavy atom. The average Bonchev–Trinajstić information content (AvgIpc) is 2.23. The van der Waals surface area contributed by atoms with Gasteiger partial charge >= 0.3 is 0 Å². The van der Waals surface area contributed by atoms with Crippen LogP contribution in [0, 0.1) is 0 Å². The number of hydrogen-bond donors (Lipinski definition) is 1. The van der Waals surface area contributed by atoms with Crippen LogP contribution in [0.5, 0.6) is 0 Å². The molecular weight excluding hydrogens is 192 g/mol. The number of thioether (sulfide) groups is 1. The molecule has 0 radical (unpaired) electrons. The van der Waals surface area contributed by atoms with Crippen molar-refractivity contribution in [1.29, 1.82) is 0 Å². The van der Waals surface area contributed by atoms with Crippen LogP contribution in [-0.4, -0.2) is 16.5 Å². The first kappa shape index (κ1) is 9.81. The van der Waals surface area contributed by atoms with E-state index in [1.54, 1.807) is 11.8 Å². The van der Waals surface area contributed by atoms with Gasteiger partial charge in [0, 0.05) is 4.90 Å². The molecule has 0 amide bonds. The van der Waals surface area contributed by atoms with E-state index >= 15 is 0 Å². The third-order valence-corrected chi connectivity index (χ3v) is 3.64. The summed E-state index contributed by atoms with van der Waals surface area (Å²) < 4.78 is 0. The van der Waals surface area contributed by atoms with Crippen LogP contribution in [0.1, 0.15) is 12.8 Å². The van der Waals surface area contributed by atoms with Gasteiger partial charge in [0.05, 0.1) is 11.4 Å². The molecule has 0 saturated carbocycles. The molecule has 1 aromatic rings. The third kappa shape index (κ3) is 2.40. The van der Waals surface area contributed by atoms with Gasteiger partial charge < -0.3 is 5.11 Å². The summed E-state index contributed by atoms with van der Waals surface area (Å²) >= 11 is 1.74. The van der Waals surface area contributed by atoms with Crippen LogP contribution < -0.4 is 0 Å². The molecule has 0 aromatic heterocycles. The van der Waals surface area contributed by atoms with Crippen LogP contribution in [0.2, 0.25) is 0 Å². The van der Waals surface area contributed by atoms with E-state index in [0.717, 1.165) is 12.8 Å². The summed E-state index contributed by atoms with van der Waals surface area (Å²) in [6.07, 6.45) is 5.98. The Balaban J connectivity index is 2.03. The minimum atomic E-state index is -0.190. The maximum atomic E-state index is 9.76. The molecule has 0 saturated heterocycles. The van der Waals surface area contributed by atoms with Crippen LogP contribution in [0.25, 0.3) is 0 Å². The molecule has 1 aliphatic carbocycles. The molecule has 2 heteroatoms. The highest BCUT2D eigenvalue weighted by Crippen LogP contribution is 2.29.